The maximum atomic E-state index is 12.3. The summed E-state index contributed by atoms with van der Waals surface area (Å²) < 4.78 is 23.7. The van der Waals surface area contributed by atoms with Crippen LogP contribution < -0.4 is 5.32 Å². The van der Waals surface area contributed by atoms with Crippen LogP contribution in [0.2, 0.25) is 0 Å². The molecule has 0 aromatic carbocycles. The van der Waals surface area contributed by atoms with Crippen LogP contribution >= 0.6 is 0 Å². The summed E-state index contributed by atoms with van der Waals surface area (Å²) in [5, 5.41) is 2.19. The van der Waals surface area contributed by atoms with Crippen molar-refractivity contribution < 1.29 is 18.0 Å². The average molecular weight is 288 g/mol. The van der Waals surface area contributed by atoms with Crippen molar-refractivity contribution in [2.45, 2.75) is 43.9 Å². The molecule has 2 rings (SSSR count). The minimum atomic E-state index is -3.07. The Labute approximate surface area is 113 Å². The number of nitrogens with zero attached hydrogens (tertiary/aromatic N) is 1. The summed E-state index contributed by atoms with van der Waals surface area (Å²) in [4.78, 5) is 25.4. The van der Waals surface area contributed by atoms with Crippen LogP contribution in [-0.4, -0.2) is 54.8 Å². The van der Waals surface area contributed by atoms with E-state index >= 15 is 0 Å². The van der Waals surface area contributed by atoms with E-state index in [1.807, 2.05) is 0 Å². The molecule has 2 saturated heterocycles. The van der Waals surface area contributed by atoms with E-state index < -0.39 is 20.6 Å². The molecule has 0 aromatic heterocycles. The van der Waals surface area contributed by atoms with Crippen LogP contribution in [0.4, 0.5) is 0 Å². The summed E-state index contributed by atoms with van der Waals surface area (Å²) >= 11 is 0. The number of nitrogens with one attached hydrogen (secondary N) is 1. The second-order valence-electron chi connectivity index (χ2n) is 5.81. The van der Waals surface area contributed by atoms with Gasteiger partial charge in [0, 0.05) is 19.5 Å². The SMILES string of the molecule is CC1(C)NC(=O)CCN(CC2CCCS2(=O)=O)C1=O. The third kappa shape index (κ3) is 2.91. The molecule has 2 aliphatic rings. The molecule has 0 radical (unpaired) electrons. The molecular formula is C12H20N2O4S. The third-order valence-corrected chi connectivity index (χ3v) is 6.03. The van der Waals surface area contributed by atoms with E-state index in [1.54, 1.807) is 13.8 Å². The largest absolute Gasteiger partial charge is 0.342 e. The fourth-order valence-corrected chi connectivity index (χ4v) is 4.52. The highest BCUT2D eigenvalue weighted by molar-refractivity contribution is 7.92. The molecule has 2 heterocycles. The second kappa shape index (κ2) is 4.77. The number of carbonyl (C=O) groups is 2. The molecule has 0 saturated carbocycles. The smallest absolute Gasteiger partial charge is 0.247 e. The van der Waals surface area contributed by atoms with Crippen LogP contribution in [-0.2, 0) is 19.4 Å². The van der Waals surface area contributed by atoms with E-state index in [1.165, 1.54) is 4.90 Å². The van der Waals surface area contributed by atoms with Crippen LogP contribution in [0.25, 0.3) is 0 Å². The van der Waals surface area contributed by atoms with Crippen molar-refractivity contribution in [2.24, 2.45) is 0 Å². The molecular weight excluding hydrogens is 268 g/mol. The van der Waals surface area contributed by atoms with Gasteiger partial charge in [-0.25, -0.2) is 8.42 Å². The second-order valence-corrected chi connectivity index (χ2v) is 8.21. The number of rotatable bonds is 2. The molecule has 19 heavy (non-hydrogen) atoms. The Balaban J connectivity index is 2.15. The highest BCUT2D eigenvalue weighted by Gasteiger charge is 2.40. The first kappa shape index (κ1) is 14.3. The lowest BCUT2D eigenvalue weighted by molar-refractivity contribution is -0.137. The lowest BCUT2D eigenvalue weighted by atomic mass is 10.0. The minimum Gasteiger partial charge on any atom is -0.342 e. The van der Waals surface area contributed by atoms with E-state index in [0.717, 1.165) is 0 Å². The number of hydrogen-bond donors (Lipinski definition) is 1. The predicted octanol–water partition coefficient (Wildman–Crippen LogP) is -0.309. The van der Waals surface area contributed by atoms with Gasteiger partial charge in [-0.3, -0.25) is 9.59 Å². The topological polar surface area (TPSA) is 83.6 Å². The van der Waals surface area contributed by atoms with Gasteiger partial charge in [-0.05, 0) is 26.7 Å². The molecule has 108 valence electrons. The molecule has 0 spiro atoms. The highest BCUT2D eigenvalue weighted by atomic mass is 32.2. The summed E-state index contributed by atoms with van der Waals surface area (Å²) in [6.45, 7) is 3.79. The van der Waals surface area contributed by atoms with E-state index in [0.29, 0.717) is 19.4 Å². The number of sulfone groups is 1. The summed E-state index contributed by atoms with van der Waals surface area (Å²) in [5.41, 5.74) is -0.962. The van der Waals surface area contributed by atoms with Gasteiger partial charge in [0.1, 0.15) is 5.54 Å². The number of amides is 2. The Kier molecular flexibility index (Phi) is 3.59. The molecule has 0 aliphatic carbocycles. The summed E-state index contributed by atoms with van der Waals surface area (Å²) in [6, 6.07) is 0. The monoisotopic (exact) mass is 288 g/mol. The zero-order valence-corrected chi connectivity index (χ0v) is 12.1. The van der Waals surface area contributed by atoms with Gasteiger partial charge < -0.3 is 10.2 Å². The standard InChI is InChI=1S/C12H20N2O4S/c1-12(2)11(16)14(6-5-10(15)13-12)8-9-4-3-7-19(9,17)18/h9H,3-8H2,1-2H3,(H,13,15). The molecule has 1 N–H and O–H groups in total. The zero-order chi connectivity index (χ0) is 14.3. The Hall–Kier alpha value is -1.11. The summed E-state index contributed by atoms with van der Waals surface area (Å²) in [6.07, 6.45) is 1.49. The van der Waals surface area contributed by atoms with Crippen LogP contribution in [0.5, 0.6) is 0 Å². The van der Waals surface area contributed by atoms with Crippen LogP contribution in [0.1, 0.15) is 33.1 Å². The van der Waals surface area contributed by atoms with Crippen molar-refractivity contribution >= 4 is 21.7 Å². The molecule has 2 fully saturated rings. The van der Waals surface area contributed by atoms with Gasteiger partial charge >= 0.3 is 0 Å². The van der Waals surface area contributed by atoms with Gasteiger partial charge in [0.05, 0.1) is 11.0 Å². The van der Waals surface area contributed by atoms with Gasteiger partial charge in [-0.15, -0.1) is 0 Å². The lowest BCUT2D eigenvalue weighted by Gasteiger charge is -2.30. The minimum absolute atomic E-state index is 0.171. The van der Waals surface area contributed by atoms with Crippen molar-refractivity contribution in [3.8, 4) is 0 Å². The van der Waals surface area contributed by atoms with Gasteiger partial charge in [-0.1, -0.05) is 0 Å². The molecule has 7 heteroatoms. The van der Waals surface area contributed by atoms with Crippen molar-refractivity contribution in [2.75, 3.05) is 18.8 Å². The normalized spacial score (nSPS) is 30.0. The Morgan fingerprint density at radius 3 is 2.63 bits per heavy atom. The van der Waals surface area contributed by atoms with Crippen LogP contribution in [0, 0.1) is 0 Å². The van der Waals surface area contributed by atoms with Crippen molar-refractivity contribution in [3.63, 3.8) is 0 Å². The van der Waals surface area contributed by atoms with Gasteiger partial charge in [0.15, 0.2) is 9.84 Å². The average Bonchev–Trinajstić information content (AvgIpc) is 2.57. The molecule has 1 unspecified atom stereocenters. The van der Waals surface area contributed by atoms with E-state index in [2.05, 4.69) is 5.32 Å². The van der Waals surface area contributed by atoms with Gasteiger partial charge in [0.25, 0.3) is 0 Å². The zero-order valence-electron chi connectivity index (χ0n) is 11.3. The summed E-state index contributed by atoms with van der Waals surface area (Å²) in [5.74, 6) is -0.170. The first-order valence-corrected chi connectivity index (χ1v) is 8.26. The molecule has 2 amide bonds. The maximum Gasteiger partial charge on any atom is 0.247 e. The van der Waals surface area contributed by atoms with Crippen molar-refractivity contribution in [1.82, 2.24) is 10.2 Å². The third-order valence-electron chi connectivity index (χ3n) is 3.77. The molecule has 0 aromatic rings. The van der Waals surface area contributed by atoms with Crippen molar-refractivity contribution in [1.29, 1.82) is 0 Å². The number of hydrogen-bond acceptors (Lipinski definition) is 4. The first-order valence-electron chi connectivity index (χ1n) is 6.54. The highest BCUT2D eigenvalue weighted by Crippen LogP contribution is 2.23. The van der Waals surface area contributed by atoms with E-state index in [9.17, 15) is 18.0 Å². The quantitative estimate of drug-likeness (QED) is 0.755. The van der Waals surface area contributed by atoms with E-state index in [-0.39, 0.29) is 30.5 Å². The molecule has 0 bridgehead atoms. The van der Waals surface area contributed by atoms with Crippen molar-refractivity contribution in [3.05, 3.63) is 0 Å². The van der Waals surface area contributed by atoms with Gasteiger partial charge in [0.2, 0.25) is 11.8 Å². The van der Waals surface area contributed by atoms with E-state index in [4.69, 9.17) is 0 Å². The Bertz CT molecular complexity index is 498. The fourth-order valence-electron chi connectivity index (χ4n) is 2.68. The fraction of sp³-hybridized carbons (Fsp3) is 0.833. The molecule has 1 atom stereocenters. The summed E-state index contributed by atoms with van der Waals surface area (Å²) in [7, 11) is -3.07. The van der Waals surface area contributed by atoms with Crippen LogP contribution in [0.15, 0.2) is 0 Å². The predicted molar refractivity (Wildman–Crippen MR) is 70.2 cm³/mol. The van der Waals surface area contributed by atoms with Gasteiger partial charge in [-0.2, -0.15) is 0 Å². The lowest BCUT2D eigenvalue weighted by Crippen LogP contribution is -2.54. The number of carbonyl (C=O) groups excluding carboxylic acids is 2. The maximum absolute atomic E-state index is 12.3. The first-order chi connectivity index (χ1) is 8.72. The molecule has 2 aliphatic heterocycles. The van der Waals surface area contributed by atoms with Crippen LogP contribution in [0.3, 0.4) is 0 Å². The Morgan fingerprint density at radius 1 is 1.37 bits per heavy atom. The Morgan fingerprint density at radius 2 is 2.05 bits per heavy atom. The molecule has 6 nitrogen and oxygen atoms in total.